The Morgan fingerprint density at radius 3 is 2.46 bits per heavy atom. The zero-order valence-corrected chi connectivity index (χ0v) is 12.9. The van der Waals surface area contributed by atoms with E-state index < -0.39 is 17.8 Å². The van der Waals surface area contributed by atoms with Gasteiger partial charge >= 0.3 is 12.2 Å². The first-order valence-electron chi connectivity index (χ1n) is 7.69. The van der Waals surface area contributed by atoms with E-state index in [2.05, 4.69) is 5.32 Å². The zero-order valence-electron chi connectivity index (χ0n) is 12.9. The summed E-state index contributed by atoms with van der Waals surface area (Å²) in [5.41, 5.74) is 4.39. The Labute approximate surface area is 137 Å². The fourth-order valence-corrected chi connectivity index (χ4v) is 3.57. The van der Waals surface area contributed by atoms with Crippen LogP contribution >= 0.6 is 0 Å². The van der Waals surface area contributed by atoms with Gasteiger partial charge in [0.05, 0.1) is 12.1 Å². The van der Waals surface area contributed by atoms with Crippen LogP contribution in [0.5, 0.6) is 0 Å². The van der Waals surface area contributed by atoms with E-state index in [0.717, 1.165) is 31.4 Å². The third-order valence-corrected chi connectivity index (χ3v) is 4.89. The fraction of sp³-hybridized carbons (Fsp3) is 0.500. The molecular formula is C16H18F3N3O2. The number of amides is 3. The number of nitrogens with zero attached hydrogens (tertiary/aromatic N) is 1. The van der Waals surface area contributed by atoms with E-state index in [1.807, 2.05) is 0 Å². The van der Waals surface area contributed by atoms with Crippen molar-refractivity contribution < 1.29 is 22.8 Å². The Morgan fingerprint density at radius 2 is 1.96 bits per heavy atom. The number of nitrogens with one attached hydrogen (secondary N) is 1. The number of hydrogen-bond acceptors (Lipinski definition) is 2. The molecule has 5 nitrogen and oxygen atoms in total. The molecular weight excluding hydrogens is 323 g/mol. The number of benzene rings is 1. The average molecular weight is 341 g/mol. The van der Waals surface area contributed by atoms with E-state index in [9.17, 15) is 22.8 Å². The molecule has 3 N–H and O–H groups in total. The smallest absolute Gasteiger partial charge is 0.352 e. The molecule has 0 heterocycles. The van der Waals surface area contributed by atoms with Gasteiger partial charge in [0, 0.05) is 12.1 Å². The van der Waals surface area contributed by atoms with Crippen LogP contribution in [0.25, 0.3) is 0 Å². The minimum absolute atomic E-state index is 0.0932. The molecule has 0 spiro atoms. The van der Waals surface area contributed by atoms with E-state index in [-0.39, 0.29) is 24.5 Å². The molecule has 1 aromatic carbocycles. The molecule has 0 aromatic heterocycles. The summed E-state index contributed by atoms with van der Waals surface area (Å²) >= 11 is 0. The van der Waals surface area contributed by atoms with E-state index >= 15 is 0 Å². The fourth-order valence-electron chi connectivity index (χ4n) is 3.57. The highest BCUT2D eigenvalue weighted by Gasteiger charge is 2.61. The Bertz CT molecular complexity index is 658. The molecule has 1 aromatic rings. The van der Waals surface area contributed by atoms with Gasteiger partial charge in [0.25, 0.3) is 0 Å². The number of primary amides is 1. The summed E-state index contributed by atoms with van der Waals surface area (Å²) in [6, 6.07) is 4.17. The molecule has 0 atom stereocenters. The third kappa shape index (κ3) is 3.05. The van der Waals surface area contributed by atoms with Gasteiger partial charge in [-0.25, -0.2) is 4.79 Å². The van der Waals surface area contributed by atoms with Crippen LogP contribution in [0.15, 0.2) is 24.3 Å². The second-order valence-corrected chi connectivity index (χ2v) is 6.60. The largest absolute Gasteiger partial charge is 0.416 e. The molecule has 4 rings (SSSR count). The number of hydrogen-bond donors (Lipinski definition) is 2. The number of halogens is 3. The number of nitrogens with two attached hydrogens (primary N) is 1. The minimum Gasteiger partial charge on any atom is -0.352 e. The van der Waals surface area contributed by atoms with Crippen molar-refractivity contribution in [1.29, 1.82) is 0 Å². The second kappa shape index (κ2) is 5.68. The molecule has 3 fully saturated rings. The topological polar surface area (TPSA) is 75.4 Å². The van der Waals surface area contributed by atoms with Crippen LogP contribution < -0.4 is 11.1 Å². The summed E-state index contributed by atoms with van der Waals surface area (Å²) in [6.07, 6.45) is -1.81. The predicted molar refractivity (Wildman–Crippen MR) is 79.7 cm³/mol. The van der Waals surface area contributed by atoms with Crippen LogP contribution in [0.4, 0.5) is 18.0 Å². The van der Waals surface area contributed by atoms with Crippen LogP contribution in [0.2, 0.25) is 0 Å². The molecule has 3 amide bonds. The number of alkyl halides is 3. The molecule has 0 radical (unpaired) electrons. The lowest BCUT2D eigenvalue weighted by molar-refractivity contribution is -0.173. The van der Waals surface area contributed by atoms with Crippen LogP contribution in [-0.2, 0) is 17.5 Å². The summed E-state index contributed by atoms with van der Waals surface area (Å²) in [7, 11) is 0. The molecule has 3 aliphatic rings. The van der Waals surface area contributed by atoms with Gasteiger partial charge in [0.15, 0.2) is 0 Å². The Kier molecular flexibility index (Phi) is 3.93. The normalized spacial score (nSPS) is 24.5. The van der Waals surface area contributed by atoms with Crippen molar-refractivity contribution in [3.05, 3.63) is 35.4 Å². The van der Waals surface area contributed by atoms with Gasteiger partial charge in [0.2, 0.25) is 5.91 Å². The predicted octanol–water partition coefficient (Wildman–Crippen LogP) is 2.25. The van der Waals surface area contributed by atoms with Crippen LogP contribution in [-0.4, -0.2) is 28.9 Å². The molecule has 0 saturated heterocycles. The summed E-state index contributed by atoms with van der Waals surface area (Å²) in [4.78, 5) is 24.8. The van der Waals surface area contributed by atoms with Gasteiger partial charge in [0.1, 0.15) is 0 Å². The molecule has 8 heteroatoms. The SMILES string of the molecule is NC(=O)NCC(=O)N(Cc1cccc(C(F)(F)F)c1)C12CC(C1)C2. The third-order valence-electron chi connectivity index (χ3n) is 4.89. The van der Waals surface area contributed by atoms with Crippen LogP contribution in [0.3, 0.4) is 0 Å². The quantitative estimate of drug-likeness (QED) is 0.862. The monoisotopic (exact) mass is 341 g/mol. The molecule has 24 heavy (non-hydrogen) atoms. The second-order valence-electron chi connectivity index (χ2n) is 6.60. The Hall–Kier alpha value is -2.25. The van der Waals surface area contributed by atoms with E-state index in [1.165, 1.54) is 6.07 Å². The summed E-state index contributed by atoms with van der Waals surface area (Å²) in [5, 5.41) is 2.25. The first-order valence-corrected chi connectivity index (χ1v) is 7.69. The van der Waals surface area contributed by atoms with Crippen molar-refractivity contribution >= 4 is 11.9 Å². The highest BCUT2D eigenvalue weighted by molar-refractivity contribution is 5.84. The van der Waals surface area contributed by atoms with E-state index in [0.29, 0.717) is 11.5 Å². The van der Waals surface area contributed by atoms with E-state index in [4.69, 9.17) is 5.73 Å². The summed E-state index contributed by atoms with van der Waals surface area (Å²) in [6.45, 7) is -0.156. The molecule has 0 aliphatic heterocycles. The van der Waals surface area contributed by atoms with Gasteiger partial charge < -0.3 is 16.0 Å². The van der Waals surface area contributed by atoms with Crippen molar-refractivity contribution in [3.63, 3.8) is 0 Å². The van der Waals surface area contributed by atoms with Crippen LogP contribution in [0.1, 0.15) is 30.4 Å². The first kappa shape index (κ1) is 16.6. The molecule has 0 unspecified atom stereocenters. The van der Waals surface area contributed by atoms with Crippen molar-refractivity contribution in [2.45, 2.75) is 37.5 Å². The Morgan fingerprint density at radius 1 is 1.29 bits per heavy atom. The van der Waals surface area contributed by atoms with Gasteiger partial charge in [-0.2, -0.15) is 13.2 Å². The highest BCUT2D eigenvalue weighted by atomic mass is 19.4. The lowest BCUT2D eigenvalue weighted by atomic mass is 9.49. The maximum absolute atomic E-state index is 12.9. The Balaban J connectivity index is 1.77. The lowest BCUT2D eigenvalue weighted by Crippen LogP contribution is -2.70. The summed E-state index contributed by atoms with van der Waals surface area (Å²) < 4.78 is 38.6. The van der Waals surface area contributed by atoms with Crippen molar-refractivity contribution in [2.75, 3.05) is 6.54 Å². The van der Waals surface area contributed by atoms with Crippen molar-refractivity contribution in [2.24, 2.45) is 11.7 Å². The molecule has 2 bridgehead atoms. The first-order chi connectivity index (χ1) is 11.2. The number of rotatable bonds is 5. The van der Waals surface area contributed by atoms with Gasteiger partial charge in [-0.3, -0.25) is 4.79 Å². The van der Waals surface area contributed by atoms with E-state index in [1.54, 1.807) is 11.0 Å². The standard InChI is InChI=1S/C16H18F3N3O2/c17-16(18,19)12-3-1-2-10(4-12)9-22(13(23)8-21-14(20)24)15-5-11(6-15)7-15/h1-4,11H,5-9H2,(H3,20,21,24). The van der Waals surface area contributed by atoms with Gasteiger partial charge in [-0.05, 0) is 42.9 Å². The maximum Gasteiger partial charge on any atom is 0.416 e. The minimum atomic E-state index is -4.42. The van der Waals surface area contributed by atoms with Crippen LogP contribution in [0, 0.1) is 5.92 Å². The maximum atomic E-state index is 12.9. The van der Waals surface area contributed by atoms with Crippen molar-refractivity contribution in [3.8, 4) is 0 Å². The summed E-state index contributed by atoms with van der Waals surface area (Å²) in [5.74, 6) is 0.273. The number of carbonyl (C=O) groups excluding carboxylic acids is 2. The number of urea groups is 1. The highest BCUT2D eigenvalue weighted by Crippen LogP contribution is 2.60. The van der Waals surface area contributed by atoms with Gasteiger partial charge in [-0.15, -0.1) is 0 Å². The molecule has 3 saturated carbocycles. The molecule has 130 valence electrons. The molecule has 3 aliphatic carbocycles. The lowest BCUT2D eigenvalue weighted by Gasteiger charge is -2.66. The number of carbonyl (C=O) groups is 2. The average Bonchev–Trinajstić information content (AvgIpc) is 2.40. The zero-order chi connectivity index (χ0) is 17.5. The van der Waals surface area contributed by atoms with Gasteiger partial charge in [-0.1, -0.05) is 12.1 Å². The van der Waals surface area contributed by atoms with Crippen molar-refractivity contribution in [1.82, 2.24) is 10.2 Å².